The van der Waals surface area contributed by atoms with Crippen LogP contribution in [0.4, 0.5) is 4.39 Å². The van der Waals surface area contributed by atoms with Crippen molar-refractivity contribution in [2.75, 3.05) is 0 Å². The van der Waals surface area contributed by atoms with Gasteiger partial charge in [0.05, 0.1) is 0 Å². The monoisotopic (exact) mass is 151 g/mol. The van der Waals surface area contributed by atoms with Crippen molar-refractivity contribution >= 4 is 5.78 Å². The largest absolute Gasteiger partial charge is 0.289 e. The maximum absolute atomic E-state index is 12.2. The molecule has 0 N–H and O–H groups in total. The number of pyridine rings is 1. The van der Waals surface area contributed by atoms with Crippen LogP contribution in [-0.4, -0.2) is 10.8 Å². The summed E-state index contributed by atoms with van der Waals surface area (Å²) < 4.78 is 12.2. The van der Waals surface area contributed by atoms with E-state index in [-0.39, 0.29) is 5.78 Å². The summed E-state index contributed by atoms with van der Waals surface area (Å²) in [6.07, 6.45) is 2.34. The highest BCUT2D eigenvalue weighted by molar-refractivity contribution is 6.03. The highest BCUT2D eigenvalue weighted by Crippen LogP contribution is 1.99. The van der Waals surface area contributed by atoms with E-state index in [0.717, 1.165) is 12.1 Å². The van der Waals surface area contributed by atoms with Gasteiger partial charge in [-0.3, -0.25) is 4.79 Å². The summed E-state index contributed by atoms with van der Waals surface area (Å²) >= 11 is 0. The summed E-state index contributed by atoms with van der Waals surface area (Å²) in [5, 5.41) is 0. The second kappa shape index (κ2) is 3.05. The van der Waals surface area contributed by atoms with Gasteiger partial charge in [-0.15, -0.1) is 0 Å². The number of nitrogens with zero attached hydrogens (tertiary/aromatic N) is 1. The van der Waals surface area contributed by atoms with E-state index in [0.29, 0.717) is 5.56 Å². The number of aromatic nitrogens is 1. The Morgan fingerprint density at radius 2 is 2.36 bits per heavy atom. The fourth-order valence-electron chi connectivity index (χ4n) is 0.639. The molecule has 0 aromatic carbocycles. The highest BCUT2D eigenvalue weighted by Gasteiger charge is 2.00. The first-order valence-corrected chi connectivity index (χ1v) is 3.02. The number of hydrogen-bond acceptors (Lipinski definition) is 2. The fourth-order valence-corrected chi connectivity index (χ4v) is 0.639. The van der Waals surface area contributed by atoms with Crippen LogP contribution in [0.15, 0.2) is 31.0 Å². The van der Waals surface area contributed by atoms with E-state index in [9.17, 15) is 9.18 Å². The lowest BCUT2D eigenvalue weighted by Crippen LogP contribution is -1.94. The summed E-state index contributed by atoms with van der Waals surface area (Å²) in [6.45, 7) is 3.29. The molecule has 0 unspecified atom stereocenters. The molecule has 0 amide bonds. The van der Waals surface area contributed by atoms with Crippen molar-refractivity contribution in [2.24, 2.45) is 0 Å². The maximum atomic E-state index is 12.2. The minimum Gasteiger partial charge on any atom is -0.289 e. The fraction of sp³-hybridized carbons (Fsp3) is 0. The molecule has 11 heavy (non-hydrogen) atoms. The van der Waals surface area contributed by atoms with E-state index in [1.807, 2.05) is 0 Å². The SMILES string of the molecule is C=CC(=O)c1ccc(F)nc1. The smallest absolute Gasteiger partial charge is 0.212 e. The van der Waals surface area contributed by atoms with E-state index < -0.39 is 5.95 Å². The quantitative estimate of drug-likeness (QED) is 0.365. The number of ketones is 1. The Morgan fingerprint density at radius 3 is 2.82 bits per heavy atom. The van der Waals surface area contributed by atoms with Crippen molar-refractivity contribution < 1.29 is 9.18 Å². The van der Waals surface area contributed by atoms with Gasteiger partial charge in [0, 0.05) is 11.8 Å². The van der Waals surface area contributed by atoms with Crippen LogP contribution in [0, 0.1) is 5.95 Å². The predicted molar refractivity (Wildman–Crippen MR) is 38.7 cm³/mol. The Labute approximate surface area is 63.4 Å². The maximum Gasteiger partial charge on any atom is 0.212 e. The second-order valence-electron chi connectivity index (χ2n) is 1.94. The van der Waals surface area contributed by atoms with Crippen LogP contribution in [-0.2, 0) is 0 Å². The third kappa shape index (κ3) is 1.70. The molecule has 0 atom stereocenters. The van der Waals surface area contributed by atoms with Gasteiger partial charge in [-0.1, -0.05) is 6.58 Å². The van der Waals surface area contributed by atoms with Gasteiger partial charge >= 0.3 is 0 Å². The minimum absolute atomic E-state index is 0.252. The van der Waals surface area contributed by atoms with Gasteiger partial charge in [-0.25, -0.2) is 4.98 Å². The molecule has 1 aromatic heterocycles. The van der Waals surface area contributed by atoms with Crippen molar-refractivity contribution in [3.8, 4) is 0 Å². The average molecular weight is 151 g/mol. The molecule has 0 radical (unpaired) electrons. The van der Waals surface area contributed by atoms with Crippen LogP contribution in [0.5, 0.6) is 0 Å². The van der Waals surface area contributed by atoms with E-state index in [1.54, 1.807) is 0 Å². The Morgan fingerprint density at radius 1 is 1.64 bits per heavy atom. The molecule has 0 aliphatic carbocycles. The molecular weight excluding hydrogens is 145 g/mol. The van der Waals surface area contributed by atoms with Crippen LogP contribution >= 0.6 is 0 Å². The first kappa shape index (κ1) is 7.60. The minimum atomic E-state index is -0.592. The van der Waals surface area contributed by atoms with Crippen LogP contribution in [0.25, 0.3) is 0 Å². The van der Waals surface area contributed by atoms with Crippen molar-refractivity contribution in [3.05, 3.63) is 42.5 Å². The van der Waals surface area contributed by atoms with Gasteiger partial charge in [0.15, 0.2) is 5.78 Å². The zero-order chi connectivity index (χ0) is 8.27. The van der Waals surface area contributed by atoms with E-state index >= 15 is 0 Å². The van der Waals surface area contributed by atoms with Gasteiger partial charge < -0.3 is 0 Å². The second-order valence-corrected chi connectivity index (χ2v) is 1.94. The number of rotatable bonds is 2. The molecule has 0 saturated heterocycles. The van der Waals surface area contributed by atoms with Gasteiger partial charge in [-0.05, 0) is 18.2 Å². The standard InChI is InChI=1S/C8H6FNO/c1-2-7(11)6-3-4-8(9)10-5-6/h2-5H,1H2. The Kier molecular flexibility index (Phi) is 2.11. The van der Waals surface area contributed by atoms with Gasteiger partial charge in [0.2, 0.25) is 5.95 Å². The summed E-state index contributed by atoms with van der Waals surface area (Å²) in [7, 11) is 0. The molecule has 0 fully saturated rings. The van der Waals surface area contributed by atoms with Crippen LogP contribution < -0.4 is 0 Å². The Hall–Kier alpha value is -1.51. The molecule has 0 bridgehead atoms. The number of hydrogen-bond donors (Lipinski definition) is 0. The van der Waals surface area contributed by atoms with Crippen molar-refractivity contribution in [1.82, 2.24) is 4.98 Å². The lowest BCUT2D eigenvalue weighted by molar-refractivity contribution is 0.104. The third-order valence-electron chi connectivity index (χ3n) is 1.20. The summed E-state index contributed by atoms with van der Waals surface area (Å²) in [4.78, 5) is 14.2. The molecule has 1 rings (SSSR count). The molecule has 2 nitrogen and oxygen atoms in total. The van der Waals surface area contributed by atoms with E-state index in [4.69, 9.17) is 0 Å². The molecule has 1 aromatic rings. The topological polar surface area (TPSA) is 30.0 Å². The zero-order valence-corrected chi connectivity index (χ0v) is 5.75. The number of halogens is 1. The van der Waals surface area contributed by atoms with Gasteiger partial charge in [0.25, 0.3) is 0 Å². The molecule has 3 heteroatoms. The molecule has 56 valence electrons. The number of carbonyl (C=O) groups is 1. The van der Waals surface area contributed by atoms with Gasteiger partial charge in [0.1, 0.15) is 0 Å². The molecule has 0 aliphatic rings. The zero-order valence-electron chi connectivity index (χ0n) is 5.75. The van der Waals surface area contributed by atoms with Crippen LogP contribution in [0.1, 0.15) is 10.4 Å². The average Bonchev–Trinajstić information content (AvgIpc) is 2.05. The normalized spacial score (nSPS) is 9.18. The predicted octanol–water partition coefficient (Wildman–Crippen LogP) is 1.59. The Balaban J connectivity index is 2.98. The molecular formula is C8H6FNO. The van der Waals surface area contributed by atoms with Crippen LogP contribution in [0.2, 0.25) is 0 Å². The van der Waals surface area contributed by atoms with E-state index in [2.05, 4.69) is 11.6 Å². The number of carbonyl (C=O) groups excluding carboxylic acids is 1. The van der Waals surface area contributed by atoms with Crippen LogP contribution in [0.3, 0.4) is 0 Å². The first-order chi connectivity index (χ1) is 5.24. The number of allylic oxidation sites excluding steroid dienone is 1. The van der Waals surface area contributed by atoms with Gasteiger partial charge in [-0.2, -0.15) is 4.39 Å². The van der Waals surface area contributed by atoms with E-state index in [1.165, 1.54) is 12.3 Å². The summed E-state index contributed by atoms with van der Waals surface area (Å²) in [5.74, 6) is -0.844. The first-order valence-electron chi connectivity index (χ1n) is 3.02. The molecule has 0 spiro atoms. The van der Waals surface area contributed by atoms with Crippen molar-refractivity contribution in [1.29, 1.82) is 0 Å². The molecule has 0 saturated carbocycles. The summed E-state index contributed by atoms with van der Waals surface area (Å²) in [6, 6.07) is 2.50. The third-order valence-corrected chi connectivity index (χ3v) is 1.20. The van der Waals surface area contributed by atoms with Crippen molar-refractivity contribution in [2.45, 2.75) is 0 Å². The lowest BCUT2D eigenvalue weighted by atomic mass is 10.2. The summed E-state index contributed by atoms with van der Waals surface area (Å²) in [5.41, 5.74) is 0.349. The molecule has 0 aliphatic heterocycles. The molecule has 1 heterocycles. The van der Waals surface area contributed by atoms with Crippen molar-refractivity contribution in [3.63, 3.8) is 0 Å². The lowest BCUT2D eigenvalue weighted by Gasteiger charge is -1.92. The highest BCUT2D eigenvalue weighted by atomic mass is 19.1. The Bertz CT molecular complexity index is 279.